The molecule has 0 heterocycles. The quantitative estimate of drug-likeness (QED) is 0.182. The van der Waals surface area contributed by atoms with Crippen LogP contribution in [0.25, 0.3) is 0 Å². The van der Waals surface area contributed by atoms with Gasteiger partial charge in [0.2, 0.25) is 0 Å². The van der Waals surface area contributed by atoms with Crippen molar-refractivity contribution in [3.05, 3.63) is 12.2 Å². The topological polar surface area (TPSA) is 127 Å². The van der Waals surface area contributed by atoms with Gasteiger partial charge in [-0.25, -0.2) is 0 Å². The van der Waals surface area contributed by atoms with Crippen LogP contribution in [0.3, 0.4) is 0 Å². The SMILES string of the molecule is C=C(C)C1CCC2(COC(=O)CCC(=O)O)CC[C@@]3(C)C(CCC4[C@@]5(C)CCC(OC(=O)CCC(=O)O)C(C)(C)C5CC[C@]43C)C12. The molecule has 0 aromatic carbocycles. The maximum Gasteiger partial charge on any atom is 0.306 e. The first-order valence-corrected chi connectivity index (χ1v) is 17.9. The van der Waals surface area contributed by atoms with E-state index >= 15 is 0 Å². The number of hydrogen-bond acceptors (Lipinski definition) is 6. The Morgan fingerprint density at radius 1 is 0.717 bits per heavy atom. The monoisotopic (exact) mass is 642 g/mol. The highest BCUT2D eigenvalue weighted by molar-refractivity contribution is 5.77. The molecule has 8 nitrogen and oxygen atoms in total. The minimum atomic E-state index is -0.980. The second kappa shape index (κ2) is 12.3. The van der Waals surface area contributed by atoms with Crippen molar-refractivity contribution in [1.29, 1.82) is 0 Å². The van der Waals surface area contributed by atoms with Crippen LogP contribution in [0.5, 0.6) is 0 Å². The number of carboxylic acids is 2. The number of carbonyl (C=O) groups is 4. The van der Waals surface area contributed by atoms with E-state index in [4.69, 9.17) is 19.7 Å². The zero-order chi connectivity index (χ0) is 33.9. The summed E-state index contributed by atoms with van der Waals surface area (Å²) in [4.78, 5) is 47.3. The number of hydrogen-bond donors (Lipinski definition) is 2. The second-order valence-electron chi connectivity index (χ2n) is 17.3. The highest BCUT2D eigenvalue weighted by Gasteiger charge is 2.71. The summed E-state index contributed by atoms with van der Waals surface area (Å²) in [5.74, 6) is -0.505. The molecule has 0 amide bonds. The van der Waals surface area contributed by atoms with Gasteiger partial charge < -0.3 is 19.7 Å². The van der Waals surface area contributed by atoms with Crippen molar-refractivity contribution >= 4 is 23.9 Å². The van der Waals surface area contributed by atoms with Gasteiger partial charge in [-0.3, -0.25) is 19.2 Å². The van der Waals surface area contributed by atoms with E-state index in [1.54, 1.807) is 0 Å². The van der Waals surface area contributed by atoms with Gasteiger partial charge in [-0.15, -0.1) is 0 Å². The lowest BCUT2D eigenvalue weighted by atomic mass is 9.32. The van der Waals surface area contributed by atoms with Gasteiger partial charge in [0.05, 0.1) is 32.3 Å². The number of ether oxygens (including phenoxy) is 2. The van der Waals surface area contributed by atoms with E-state index in [1.807, 2.05) is 0 Å². The maximum absolute atomic E-state index is 12.6. The first-order valence-electron chi connectivity index (χ1n) is 17.9. The van der Waals surface area contributed by atoms with Crippen molar-refractivity contribution in [1.82, 2.24) is 0 Å². The molecule has 0 aromatic heterocycles. The number of aliphatic carboxylic acids is 2. The summed E-state index contributed by atoms with van der Waals surface area (Å²) in [6, 6.07) is 0. The average Bonchev–Trinajstić information content (AvgIpc) is 3.36. The molecule has 5 rings (SSSR count). The number of fused-ring (bicyclic) bond motifs is 7. The summed E-state index contributed by atoms with van der Waals surface area (Å²) in [6.07, 6.45) is 9.79. The number of carboxylic acid groups (broad SMARTS) is 2. The van der Waals surface area contributed by atoms with Crippen LogP contribution in [0.2, 0.25) is 0 Å². The Kier molecular flexibility index (Phi) is 9.31. The molecule has 5 fully saturated rings. The summed E-state index contributed by atoms with van der Waals surface area (Å²) < 4.78 is 11.9. The molecule has 7 unspecified atom stereocenters. The van der Waals surface area contributed by atoms with Crippen molar-refractivity contribution in [3.8, 4) is 0 Å². The number of rotatable bonds is 10. The fraction of sp³-hybridized carbons (Fsp3) is 0.842. The van der Waals surface area contributed by atoms with E-state index in [0.717, 1.165) is 64.2 Å². The minimum absolute atomic E-state index is 0.0818. The molecule has 46 heavy (non-hydrogen) atoms. The predicted octanol–water partition coefficient (Wildman–Crippen LogP) is 7.83. The largest absolute Gasteiger partial charge is 0.481 e. The maximum atomic E-state index is 12.6. The molecule has 0 saturated heterocycles. The van der Waals surface area contributed by atoms with Gasteiger partial charge >= 0.3 is 23.9 Å². The van der Waals surface area contributed by atoms with Crippen molar-refractivity contribution < 1.29 is 38.9 Å². The molecule has 0 spiro atoms. The van der Waals surface area contributed by atoms with Crippen LogP contribution in [0.1, 0.15) is 131 Å². The lowest BCUT2D eigenvalue weighted by molar-refractivity contribution is -0.252. The molecule has 0 aliphatic heterocycles. The fourth-order valence-corrected chi connectivity index (χ4v) is 12.7. The summed E-state index contributed by atoms with van der Waals surface area (Å²) in [5.41, 5.74) is 1.35. The molecule has 10 atom stereocenters. The molecule has 5 aliphatic carbocycles. The lowest BCUT2D eigenvalue weighted by Crippen LogP contribution is -2.67. The third-order valence-electron chi connectivity index (χ3n) is 15.1. The summed E-state index contributed by atoms with van der Waals surface area (Å²) in [6.45, 7) is 19.2. The standard InChI is InChI=1S/C38H58O8/c1-23(2)24-14-19-38(22-45-31(43)12-10-29(39)40)21-20-36(6)25(33(24)38)8-9-27-35(5)17-16-28(46-32(44)13-11-30(41)42)34(3,4)26(35)15-18-37(27,36)7/h24-28,33H,1,8-22H2,2-7H3,(H,39,40)(H,41,42)/t24?,25?,26?,27?,28?,33?,35-,36-,37+,38?/m0/s1. The van der Waals surface area contributed by atoms with Crippen LogP contribution in [0.4, 0.5) is 0 Å². The van der Waals surface area contributed by atoms with Gasteiger partial charge in [-0.2, -0.15) is 0 Å². The zero-order valence-corrected chi connectivity index (χ0v) is 29.1. The third-order valence-corrected chi connectivity index (χ3v) is 15.1. The average molecular weight is 643 g/mol. The van der Waals surface area contributed by atoms with Gasteiger partial charge in [-0.1, -0.05) is 46.8 Å². The lowest BCUT2D eigenvalue weighted by Gasteiger charge is -2.73. The zero-order valence-electron chi connectivity index (χ0n) is 29.1. The smallest absolute Gasteiger partial charge is 0.306 e. The predicted molar refractivity (Wildman–Crippen MR) is 174 cm³/mol. The molecular formula is C38H58O8. The van der Waals surface area contributed by atoms with Crippen LogP contribution in [-0.2, 0) is 28.7 Å². The van der Waals surface area contributed by atoms with Crippen molar-refractivity contribution in [2.24, 2.45) is 56.7 Å². The van der Waals surface area contributed by atoms with E-state index in [9.17, 15) is 19.2 Å². The van der Waals surface area contributed by atoms with Crippen LogP contribution in [0.15, 0.2) is 12.2 Å². The van der Waals surface area contributed by atoms with E-state index < -0.39 is 23.9 Å². The Labute approximate surface area is 275 Å². The highest BCUT2D eigenvalue weighted by Crippen LogP contribution is 2.77. The van der Waals surface area contributed by atoms with E-state index in [-0.39, 0.29) is 58.9 Å². The van der Waals surface area contributed by atoms with Gasteiger partial charge in [-0.05, 0) is 117 Å². The van der Waals surface area contributed by atoms with Gasteiger partial charge in [0.15, 0.2) is 0 Å². The van der Waals surface area contributed by atoms with Gasteiger partial charge in [0.1, 0.15) is 6.10 Å². The third kappa shape index (κ3) is 5.61. The van der Waals surface area contributed by atoms with Crippen molar-refractivity contribution in [2.45, 2.75) is 138 Å². The van der Waals surface area contributed by atoms with Gasteiger partial charge in [0, 0.05) is 10.8 Å². The Morgan fingerprint density at radius 2 is 1.37 bits per heavy atom. The summed E-state index contributed by atoms with van der Waals surface area (Å²) in [5, 5.41) is 18.1. The van der Waals surface area contributed by atoms with Crippen LogP contribution < -0.4 is 0 Å². The minimum Gasteiger partial charge on any atom is -0.481 e. The number of allylic oxidation sites excluding steroid dienone is 1. The summed E-state index contributed by atoms with van der Waals surface area (Å²) >= 11 is 0. The molecule has 5 aliphatic rings. The Morgan fingerprint density at radius 3 is 2.00 bits per heavy atom. The van der Waals surface area contributed by atoms with Crippen LogP contribution >= 0.6 is 0 Å². The van der Waals surface area contributed by atoms with E-state index in [0.29, 0.717) is 36.2 Å². The molecule has 0 radical (unpaired) electrons. The molecule has 0 aromatic rings. The van der Waals surface area contributed by atoms with Crippen LogP contribution in [0, 0.1) is 56.7 Å². The molecule has 8 heteroatoms. The molecular weight excluding hydrogens is 584 g/mol. The molecule has 258 valence electrons. The summed E-state index contributed by atoms with van der Waals surface area (Å²) in [7, 11) is 0. The number of esters is 2. The first kappa shape index (κ1) is 34.9. The molecule has 0 bridgehead atoms. The van der Waals surface area contributed by atoms with Gasteiger partial charge in [0.25, 0.3) is 0 Å². The molecule has 5 saturated carbocycles. The van der Waals surface area contributed by atoms with Crippen molar-refractivity contribution in [3.63, 3.8) is 0 Å². The van der Waals surface area contributed by atoms with E-state index in [2.05, 4.69) is 48.1 Å². The Hall–Kier alpha value is -2.38. The Bertz CT molecular complexity index is 1250. The van der Waals surface area contributed by atoms with Crippen LogP contribution in [-0.4, -0.2) is 46.8 Å². The van der Waals surface area contributed by atoms with E-state index in [1.165, 1.54) is 5.57 Å². The highest BCUT2D eigenvalue weighted by atomic mass is 16.5. The first-order chi connectivity index (χ1) is 21.4. The van der Waals surface area contributed by atoms with Crippen molar-refractivity contribution in [2.75, 3.05) is 6.61 Å². The second-order valence-corrected chi connectivity index (χ2v) is 17.3. The number of carbonyl (C=O) groups excluding carboxylic acids is 2. The Balaban J connectivity index is 1.38. The fourth-order valence-electron chi connectivity index (χ4n) is 12.7. The normalized spacial score (nSPS) is 42.4. The molecule has 2 N–H and O–H groups in total.